The summed E-state index contributed by atoms with van der Waals surface area (Å²) in [6.45, 7) is 3.74. The molecule has 2 aromatic rings. The molecular weight excluding hydrogens is 434 g/mol. The van der Waals surface area contributed by atoms with Crippen LogP contribution < -0.4 is 20.4 Å². The molecule has 1 amide bonds. The summed E-state index contributed by atoms with van der Waals surface area (Å²) in [7, 11) is -3.08. The van der Waals surface area contributed by atoms with Crippen LogP contribution in [-0.4, -0.2) is 44.1 Å². The van der Waals surface area contributed by atoms with Gasteiger partial charge in [-0.25, -0.2) is 13.2 Å². The Morgan fingerprint density at radius 2 is 2.00 bits per heavy atom. The highest BCUT2D eigenvalue weighted by Gasteiger charge is 2.33. The molecule has 1 aromatic heterocycles. The minimum Gasteiger partial charge on any atom is -0.487 e. The maximum Gasteiger partial charge on any atom is 0.339 e. The third kappa shape index (κ3) is 3.87. The number of nitrogens with one attached hydrogen (secondary N) is 1. The Morgan fingerprint density at radius 1 is 1.22 bits per heavy atom. The lowest BCUT2D eigenvalue weighted by Crippen LogP contribution is -2.38. The molecule has 8 nitrogen and oxygen atoms in total. The Balaban J connectivity index is 1.49. The van der Waals surface area contributed by atoms with Crippen LogP contribution in [0.4, 0.5) is 0 Å². The standard InChI is InChI=1S/C23H27NO7S/c1-23(2)8-6-16-17(31-23)10-18(20-14-4-3-5-15(14)22(26)30-21(16)20)29-11-19(25)24-13-7-9-32(27,28)12-13/h10,13H,3-9,11-12H2,1-2H3,(H,24,25)/t13-/m1/s1. The molecule has 3 aliphatic rings. The first kappa shape index (κ1) is 21.3. The van der Waals surface area contributed by atoms with Crippen molar-refractivity contribution in [1.29, 1.82) is 0 Å². The van der Waals surface area contributed by atoms with Crippen LogP contribution in [-0.2, 0) is 33.9 Å². The predicted octanol–water partition coefficient (Wildman–Crippen LogP) is 2.07. The molecule has 0 radical (unpaired) electrons. The number of amides is 1. The van der Waals surface area contributed by atoms with Gasteiger partial charge in [0, 0.05) is 23.2 Å². The van der Waals surface area contributed by atoms with Gasteiger partial charge in [-0.2, -0.15) is 0 Å². The summed E-state index contributed by atoms with van der Waals surface area (Å²) in [5.41, 5.74) is 2.29. The van der Waals surface area contributed by atoms with Crippen molar-refractivity contribution in [3.05, 3.63) is 33.2 Å². The first-order chi connectivity index (χ1) is 15.1. The number of rotatable bonds is 4. The van der Waals surface area contributed by atoms with E-state index in [1.807, 2.05) is 13.8 Å². The highest BCUT2D eigenvalue weighted by atomic mass is 32.2. The number of fused-ring (bicyclic) bond motifs is 5. The molecule has 0 saturated carbocycles. The highest BCUT2D eigenvalue weighted by Crippen LogP contribution is 2.44. The number of carbonyl (C=O) groups excluding carboxylic acids is 1. The number of benzene rings is 1. The van der Waals surface area contributed by atoms with Crippen molar-refractivity contribution >= 4 is 26.7 Å². The normalized spacial score (nSPS) is 22.8. The monoisotopic (exact) mass is 461 g/mol. The van der Waals surface area contributed by atoms with Crippen molar-refractivity contribution in [3.8, 4) is 11.5 Å². The first-order valence-corrected chi connectivity index (χ1v) is 12.9. The van der Waals surface area contributed by atoms with Crippen LogP contribution in [0.1, 0.15) is 49.8 Å². The van der Waals surface area contributed by atoms with Gasteiger partial charge < -0.3 is 19.2 Å². The van der Waals surface area contributed by atoms with Crippen molar-refractivity contribution in [3.63, 3.8) is 0 Å². The summed E-state index contributed by atoms with van der Waals surface area (Å²) >= 11 is 0. The zero-order chi connectivity index (χ0) is 22.7. The lowest BCUT2D eigenvalue weighted by molar-refractivity contribution is -0.123. The van der Waals surface area contributed by atoms with Crippen molar-refractivity contribution in [2.24, 2.45) is 0 Å². The van der Waals surface area contributed by atoms with E-state index in [0.717, 1.165) is 42.2 Å². The van der Waals surface area contributed by atoms with E-state index in [1.54, 1.807) is 6.07 Å². The average Bonchev–Trinajstić information content (AvgIpc) is 3.32. The summed E-state index contributed by atoms with van der Waals surface area (Å²) < 4.78 is 41.1. The first-order valence-electron chi connectivity index (χ1n) is 11.1. The van der Waals surface area contributed by atoms with E-state index in [1.165, 1.54) is 0 Å². The minimum absolute atomic E-state index is 0.0396. The fourth-order valence-corrected chi connectivity index (χ4v) is 6.66. The van der Waals surface area contributed by atoms with Crippen LogP contribution in [0.15, 0.2) is 15.3 Å². The van der Waals surface area contributed by atoms with E-state index in [4.69, 9.17) is 13.9 Å². The van der Waals surface area contributed by atoms with Gasteiger partial charge in [0.15, 0.2) is 16.4 Å². The van der Waals surface area contributed by atoms with E-state index >= 15 is 0 Å². The number of ether oxygens (including phenoxy) is 2. The van der Waals surface area contributed by atoms with E-state index in [0.29, 0.717) is 35.5 Å². The van der Waals surface area contributed by atoms with E-state index in [9.17, 15) is 18.0 Å². The summed E-state index contributed by atoms with van der Waals surface area (Å²) in [6, 6.07) is 1.41. The molecule has 1 N–H and O–H groups in total. The van der Waals surface area contributed by atoms with Gasteiger partial charge in [-0.15, -0.1) is 0 Å². The van der Waals surface area contributed by atoms with Crippen molar-refractivity contribution in [1.82, 2.24) is 5.32 Å². The van der Waals surface area contributed by atoms with E-state index < -0.39 is 9.84 Å². The molecule has 3 heterocycles. The van der Waals surface area contributed by atoms with Crippen LogP contribution in [0.25, 0.3) is 11.0 Å². The molecule has 5 rings (SSSR count). The summed E-state index contributed by atoms with van der Waals surface area (Å²) in [5, 5.41) is 3.49. The molecule has 1 aromatic carbocycles. The second-order valence-corrected chi connectivity index (χ2v) is 11.8. The molecule has 1 atom stereocenters. The minimum atomic E-state index is -3.08. The number of carbonyl (C=O) groups is 1. The number of sulfone groups is 1. The van der Waals surface area contributed by atoms with Crippen molar-refractivity contribution in [2.45, 2.75) is 64.0 Å². The Hall–Kier alpha value is -2.55. The Kier molecular flexibility index (Phi) is 5.00. The quantitative estimate of drug-likeness (QED) is 0.694. The Bertz CT molecular complexity index is 1280. The Labute approximate surface area is 186 Å². The number of hydrogen-bond acceptors (Lipinski definition) is 7. The van der Waals surface area contributed by atoms with Crippen LogP contribution in [0, 0.1) is 0 Å². The van der Waals surface area contributed by atoms with Crippen molar-refractivity contribution < 1.29 is 27.1 Å². The van der Waals surface area contributed by atoms with Crippen LogP contribution >= 0.6 is 0 Å². The Morgan fingerprint density at radius 3 is 2.75 bits per heavy atom. The number of hydrogen-bond donors (Lipinski definition) is 1. The molecule has 1 saturated heterocycles. The van der Waals surface area contributed by atoms with Gasteiger partial charge in [-0.1, -0.05) is 0 Å². The third-order valence-electron chi connectivity index (χ3n) is 6.59. The maximum atomic E-state index is 12.6. The number of aryl methyl sites for hydroxylation is 2. The van der Waals surface area contributed by atoms with Crippen molar-refractivity contribution in [2.75, 3.05) is 18.1 Å². The van der Waals surface area contributed by atoms with E-state index in [-0.39, 0.29) is 41.3 Å². The molecule has 1 aliphatic carbocycles. The highest BCUT2D eigenvalue weighted by molar-refractivity contribution is 7.91. The summed E-state index contributed by atoms with van der Waals surface area (Å²) in [4.78, 5) is 25.1. The molecule has 2 aliphatic heterocycles. The maximum absolute atomic E-state index is 12.6. The molecule has 9 heteroatoms. The van der Waals surface area contributed by atoms with Gasteiger partial charge >= 0.3 is 5.63 Å². The SMILES string of the molecule is CC1(C)CCc2c(cc(OCC(=O)N[C@@H]3CCS(=O)(=O)C3)c3c4c(c(=O)oc23)CCC4)O1. The van der Waals surface area contributed by atoms with Crippen LogP contribution in [0.2, 0.25) is 0 Å². The van der Waals surface area contributed by atoms with Crippen LogP contribution in [0.5, 0.6) is 11.5 Å². The summed E-state index contributed by atoms with van der Waals surface area (Å²) in [5.74, 6) is 0.724. The molecule has 0 unspecified atom stereocenters. The topological polar surface area (TPSA) is 112 Å². The zero-order valence-electron chi connectivity index (χ0n) is 18.3. The largest absolute Gasteiger partial charge is 0.487 e. The van der Waals surface area contributed by atoms with E-state index in [2.05, 4.69) is 5.32 Å². The second kappa shape index (κ2) is 7.50. The zero-order valence-corrected chi connectivity index (χ0v) is 19.1. The van der Waals surface area contributed by atoms with Gasteiger partial charge in [0.1, 0.15) is 22.7 Å². The fraction of sp³-hybridized carbons (Fsp3) is 0.565. The molecule has 0 spiro atoms. The fourth-order valence-electron chi connectivity index (χ4n) is 4.99. The van der Waals surface area contributed by atoms with Gasteiger partial charge in [0.25, 0.3) is 5.91 Å². The lowest BCUT2D eigenvalue weighted by atomic mass is 9.91. The molecule has 172 valence electrons. The van der Waals surface area contributed by atoms with Gasteiger partial charge in [-0.3, -0.25) is 4.79 Å². The van der Waals surface area contributed by atoms with Crippen LogP contribution in [0.3, 0.4) is 0 Å². The smallest absolute Gasteiger partial charge is 0.339 e. The third-order valence-corrected chi connectivity index (χ3v) is 8.36. The average molecular weight is 462 g/mol. The second-order valence-electron chi connectivity index (χ2n) is 9.57. The molecule has 0 bridgehead atoms. The van der Waals surface area contributed by atoms with Gasteiger partial charge in [0.05, 0.1) is 16.9 Å². The molecule has 32 heavy (non-hydrogen) atoms. The van der Waals surface area contributed by atoms with Gasteiger partial charge in [0.2, 0.25) is 0 Å². The van der Waals surface area contributed by atoms with Gasteiger partial charge in [-0.05, 0) is 57.9 Å². The lowest BCUT2D eigenvalue weighted by Gasteiger charge is -2.33. The molecule has 1 fully saturated rings. The summed E-state index contributed by atoms with van der Waals surface area (Å²) in [6.07, 6.45) is 4.23. The molecular formula is C23H27NO7S. The predicted molar refractivity (Wildman–Crippen MR) is 118 cm³/mol.